The van der Waals surface area contributed by atoms with Gasteiger partial charge in [-0.1, -0.05) is 12.1 Å². The van der Waals surface area contributed by atoms with Gasteiger partial charge in [-0.3, -0.25) is 4.79 Å². The van der Waals surface area contributed by atoms with Crippen molar-refractivity contribution < 1.29 is 4.79 Å². The van der Waals surface area contributed by atoms with Gasteiger partial charge in [-0.25, -0.2) is 9.97 Å². The molecule has 0 bridgehead atoms. The minimum atomic E-state index is -0.272. The van der Waals surface area contributed by atoms with E-state index < -0.39 is 0 Å². The normalized spacial score (nSPS) is 10.3. The highest BCUT2D eigenvalue weighted by Crippen LogP contribution is 2.08. The Labute approximate surface area is 112 Å². The predicted octanol–water partition coefficient (Wildman–Crippen LogP) is 2.55. The molecule has 0 radical (unpaired) electrons. The Balaban J connectivity index is 2.11. The average Bonchev–Trinajstić information content (AvgIpc) is 2.39. The monoisotopic (exact) mass is 256 g/mol. The molecule has 2 rings (SSSR count). The molecule has 5 nitrogen and oxygen atoms in total. The number of amides is 1. The zero-order chi connectivity index (χ0) is 13.7. The molecule has 5 heteroatoms. The second kappa shape index (κ2) is 5.95. The van der Waals surface area contributed by atoms with E-state index in [1.807, 2.05) is 26.0 Å². The lowest BCUT2D eigenvalue weighted by molar-refractivity contribution is 0.102. The third kappa shape index (κ3) is 3.77. The van der Waals surface area contributed by atoms with Crippen molar-refractivity contribution in [3.8, 4) is 0 Å². The zero-order valence-electron chi connectivity index (χ0n) is 10.9. The van der Waals surface area contributed by atoms with Crippen LogP contribution in [0, 0.1) is 0 Å². The first-order valence-electron chi connectivity index (χ1n) is 6.11. The highest BCUT2D eigenvalue weighted by atomic mass is 16.1. The van der Waals surface area contributed by atoms with Crippen LogP contribution in [-0.4, -0.2) is 21.9 Å². The molecule has 0 spiro atoms. The molecule has 0 unspecified atom stereocenters. The number of hydrogen-bond donors (Lipinski definition) is 2. The first-order chi connectivity index (χ1) is 9.15. The van der Waals surface area contributed by atoms with Crippen molar-refractivity contribution >= 4 is 17.5 Å². The van der Waals surface area contributed by atoms with Gasteiger partial charge in [0, 0.05) is 12.2 Å². The largest absolute Gasteiger partial charge is 0.368 e. The van der Waals surface area contributed by atoms with Crippen LogP contribution >= 0.6 is 0 Å². The van der Waals surface area contributed by atoms with E-state index in [0.717, 1.165) is 0 Å². The summed E-state index contributed by atoms with van der Waals surface area (Å²) in [5.74, 6) is 0.922. The van der Waals surface area contributed by atoms with Gasteiger partial charge < -0.3 is 10.6 Å². The van der Waals surface area contributed by atoms with Crippen LogP contribution in [-0.2, 0) is 0 Å². The van der Waals surface area contributed by atoms with Crippen LogP contribution in [0.2, 0.25) is 0 Å². The van der Waals surface area contributed by atoms with E-state index in [9.17, 15) is 4.79 Å². The topological polar surface area (TPSA) is 66.9 Å². The molecule has 0 saturated carbocycles. The summed E-state index contributed by atoms with van der Waals surface area (Å²) in [6.07, 6.45) is 1.62. The summed E-state index contributed by atoms with van der Waals surface area (Å²) >= 11 is 0. The molecule has 2 N–H and O–H groups in total. The van der Waals surface area contributed by atoms with Crippen LogP contribution in [0.1, 0.15) is 24.3 Å². The Bertz CT molecular complexity index is 554. The van der Waals surface area contributed by atoms with Gasteiger partial charge in [-0.05, 0) is 38.1 Å². The number of anilines is 2. The van der Waals surface area contributed by atoms with E-state index in [1.54, 1.807) is 30.5 Å². The maximum absolute atomic E-state index is 12.0. The van der Waals surface area contributed by atoms with Crippen LogP contribution < -0.4 is 10.6 Å². The van der Waals surface area contributed by atoms with Crippen molar-refractivity contribution in [1.82, 2.24) is 9.97 Å². The average molecular weight is 256 g/mol. The SMILES string of the molecule is CC(C)Nc1cccc(C(=O)Nc2ccccn2)n1. The molecule has 2 aromatic rings. The third-order valence-corrected chi connectivity index (χ3v) is 2.32. The van der Waals surface area contributed by atoms with E-state index in [-0.39, 0.29) is 11.9 Å². The maximum Gasteiger partial charge on any atom is 0.275 e. The van der Waals surface area contributed by atoms with Crippen LogP contribution in [0.4, 0.5) is 11.6 Å². The van der Waals surface area contributed by atoms with Gasteiger partial charge >= 0.3 is 0 Å². The molecule has 0 aliphatic heterocycles. The Morgan fingerprint density at radius 2 is 1.89 bits per heavy atom. The Morgan fingerprint density at radius 1 is 1.11 bits per heavy atom. The van der Waals surface area contributed by atoms with Crippen molar-refractivity contribution in [1.29, 1.82) is 0 Å². The predicted molar refractivity (Wildman–Crippen MR) is 75.2 cm³/mol. The summed E-state index contributed by atoms with van der Waals surface area (Å²) in [7, 11) is 0. The van der Waals surface area contributed by atoms with Crippen LogP contribution in [0.3, 0.4) is 0 Å². The molecule has 19 heavy (non-hydrogen) atoms. The van der Waals surface area contributed by atoms with Crippen molar-refractivity contribution in [2.45, 2.75) is 19.9 Å². The lowest BCUT2D eigenvalue weighted by Gasteiger charge is -2.10. The lowest BCUT2D eigenvalue weighted by Crippen LogP contribution is -2.17. The number of carbonyl (C=O) groups excluding carboxylic acids is 1. The molecule has 0 fully saturated rings. The number of hydrogen-bond acceptors (Lipinski definition) is 4. The zero-order valence-corrected chi connectivity index (χ0v) is 10.9. The fraction of sp³-hybridized carbons (Fsp3) is 0.214. The third-order valence-electron chi connectivity index (χ3n) is 2.32. The molecular formula is C14H16N4O. The van der Waals surface area contributed by atoms with Crippen molar-refractivity contribution in [2.24, 2.45) is 0 Å². The number of nitrogens with zero attached hydrogens (tertiary/aromatic N) is 2. The van der Waals surface area contributed by atoms with E-state index in [4.69, 9.17) is 0 Å². The summed E-state index contributed by atoms with van der Waals surface area (Å²) in [5, 5.41) is 5.86. The number of aromatic nitrogens is 2. The first kappa shape index (κ1) is 13.0. The Morgan fingerprint density at radius 3 is 2.58 bits per heavy atom. The smallest absolute Gasteiger partial charge is 0.275 e. The number of rotatable bonds is 4. The Hall–Kier alpha value is -2.43. The molecule has 1 amide bonds. The number of pyridine rings is 2. The lowest BCUT2D eigenvalue weighted by atomic mass is 10.3. The summed E-state index contributed by atoms with van der Waals surface area (Å²) in [5.41, 5.74) is 0.358. The highest BCUT2D eigenvalue weighted by Gasteiger charge is 2.09. The molecular weight excluding hydrogens is 240 g/mol. The number of nitrogens with one attached hydrogen (secondary N) is 2. The van der Waals surface area contributed by atoms with Crippen molar-refractivity contribution in [2.75, 3.05) is 10.6 Å². The van der Waals surface area contributed by atoms with Crippen LogP contribution in [0.25, 0.3) is 0 Å². The molecule has 98 valence electrons. The molecule has 0 atom stereocenters. The van der Waals surface area contributed by atoms with Gasteiger partial charge in [0.2, 0.25) is 0 Å². The minimum absolute atomic E-state index is 0.265. The van der Waals surface area contributed by atoms with Gasteiger partial charge in [-0.15, -0.1) is 0 Å². The van der Waals surface area contributed by atoms with Gasteiger partial charge in [0.15, 0.2) is 0 Å². The second-order valence-corrected chi connectivity index (χ2v) is 4.38. The summed E-state index contributed by atoms with van der Waals surface area (Å²) < 4.78 is 0. The molecule has 0 aliphatic rings. The van der Waals surface area contributed by atoms with Gasteiger partial charge in [-0.2, -0.15) is 0 Å². The first-order valence-corrected chi connectivity index (χ1v) is 6.11. The Kier molecular flexibility index (Phi) is 4.07. The number of carbonyl (C=O) groups is 1. The maximum atomic E-state index is 12.0. The van der Waals surface area contributed by atoms with Crippen LogP contribution in [0.15, 0.2) is 42.6 Å². The molecule has 0 aliphatic carbocycles. The standard InChI is InChI=1S/C14H16N4O/c1-10(2)16-13-8-5-6-11(17-13)14(19)18-12-7-3-4-9-15-12/h3-10H,1-2H3,(H,16,17)(H,15,18,19). The van der Waals surface area contributed by atoms with E-state index >= 15 is 0 Å². The van der Waals surface area contributed by atoms with Gasteiger partial charge in [0.05, 0.1) is 0 Å². The van der Waals surface area contributed by atoms with Crippen molar-refractivity contribution in [3.05, 3.63) is 48.3 Å². The molecule has 2 heterocycles. The van der Waals surface area contributed by atoms with E-state index in [0.29, 0.717) is 17.3 Å². The fourth-order valence-corrected chi connectivity index (χ4v) is 1.55. The molecule has 0 saturated heterocycles. The summed E-state index contributed by atoms with van der Waals surface area (Å²) in [6, 6.07) is 10.9. The van der Waals surface area contributed by atoms with Crippen molar-refractivity contribution in [3.63, 3.8) is 0 Å². The van der Waals surface area contributed by atoms with Gasteiger partial charge in [0.25, 0.3) is 5.91 Å². The van der Waals surface area contributed by atoms with E-state index in [1.165, 1.54) is 0 Å². The van der Waals surface area contributed by atoms with Gasteiger partial charge in [0.1, 0.15) is 17.3 Å². The summed E-state index contributed by atoms with van der Waals surface area (Å²) in [4.78, 5) is 20.3. The minimum Gasteiger partial charge on any atom is -0.368 e. The fourth-order valence-electron chi connectivity index (χ4n) is 1.55. The van der Waals surface area contributed by atoms with Crippen LogP contribution in [0.5, 0.6) is 0 Å². The van der Waals surface area contributed by atoms with E-state index in [2.05, 4.69) is 20.6 Å². The highest BCUT2D eigenvalue weighted by molar-refractivity contribution is 6.02. The molecule has 2 aromatic heterocycles. The summed E-state index contributed by atoms with van der Waals surface area (Å²) in [6.45, 7) is 4.03. The quantitative estimate of drug-likeness (QED) is 0.882. The molecule has 0 aromatic carbocycles. The second-order valence-electron chi connectivity index (χ2n) is 4.38.